The highest BCUT2D eigenvalue weighted by atomic mass is 79.9. The smallest absolute Gasteiger partial charge is 0.0513 e. The molecule has 0 amide bonds. The van der Waals surface area contributed by atoms with Crippen LogP contribution in [0, 0.1) is 0 Å². The fourth-order valence-electron chi connectivity index (χ4n) is 2.09. The molecule has 2 aromatic carbocycles. The standard InChI is InChI=1S/C16H16Br2ClN/c1-11(13-4-6-14(19)7-5-13)20(2)16-8-3-12(10-17)9-15(16)18/h3-9,11H,10H2,1-2H3. The van der Waals surface area contributed by atoms with Crippen LogP contribution in [0.4, 0.5) is 5.69 Å². The van der Waals surface area contributed by atoms with Gasteiger partial charge in [0.05, 0.1) is 11.7 Å². The Hall–Kier alpha value is -0.510. The Labute approximate surface area is 142 Å². The highest BCUT2D eigenvalue weighted by Crippen LogP contribution is 2.32. The van der Waals surface area contributed by atoms with Crippen LogP contribution >= 0.6 is 43.5 Å². The molecule has 2 aromatic rings. The summed E-state index contributed by atoms with van der Waals surface area (Å²) in [6, 6.07) is 14.7. The third kappa shape index (κ3) is 3.57. The summed E-state index contributed by atoms with van der Waals surface area (Å²) in [6.07, 6.45) is 0. The lowest BCUT2D eigenvalue weighted by atomic mass is 10.1. The number of rotatable bonds is 4. The van der Waals surface area contributed by atoms with Gasteiger partial charge in [0.25, 0.3) is 0 Å². The van der Waals surface area contributed by atoms with E-state index < -0.39 is 0 Å². The molecule has 0 aliphatic rings. The molecule has 0 radical (unpaired) electrons. The van der Waals surface area contributed by atoms with Gasteiger partial charge < -0.3 is 4.90 Å². The van der Waals surface area contributed by atoms with Gasteiger partial charge in [0, 0.05) is 21.9 Å². The van der Waals surface area contributed by atoms with Crippen molar-refractivity contribution in [1.82, 2.24) is 0 Å². The predicted molar refractivity (Wildman–Crippen MR) is 95.0 cm³/mol. The SMILES string of the molecule is CC(c1ccc(Cl)cc1)N(C)c1ccc(CBr)cc1Br. The number of anilines is 1. The zero-order valence-corrected chi connectivity index (χ0v) is 15.3. The van der Waals surface area contributed by atoms with Gasteiger partial charge in [0.2, 0.25) is 0 Å². The largest absolute Gasteiger partial charge is 0.367 e. The van der Waals surface area contributed by atoms with Gasteiger partial charge >= 0.3 is 0 Å². The minimum absolute atomic E-state index is 0.276. The average Bonchev–Trinajstić information content (AvgIpc) is 2.46. The van der Waals surface area contributed by atoms with Gasteiger partial charge in [-0.05, 0) is 58.2 Å². The monoisotopic (exact) mass is 415 g/mol. The highest BCUT2D eigenvalue weighted by molar-refractivity contribution is 9.10. The van der Waals surface area contributed by atoms with Crippen LogP contribution in [0.5, 0.6) is 0 Å². The molecule has 0 heterocycles. The van der Waals surface area contributed by atoms with E-state index in [1.165, 1.54) is 16.8 Å². The third-order valence-corrected chi connectivity index (χ3v) is 5.01. The van der Waals surface area contributed by atoms with Crippen LogP contribution in [0.2, 0.25) is 5.02 Å². The lowest BCUT2D eigenvalue weighted by molar-refractivity contribution is 0.738. The molecule has 0 fully saturated rings. The first-order valence-corrected chi connectivity index (χ1v) is 8.65. The van der Waals surface area contributed by atoms with Crippen LogP contribution in [0.15, 0.2) is 46.9 Å². The first-order valence-electron chi connectivity index (χ1n) is 6.35. The molecule has 1 nitrogen and oxygen atoms in total. The molecule has 1 atom stereocenters. The van der Waals surface area contributed by atoms with Gasteiger partial charge in [-0.25, -0.2) is 0 Å². The number of benzene rings is 2. The normalized spacial score (nSPS) is 12.2. The number of hydrogen-bond donors (Lipinski definition) is 0. The Balaban J connectivity index is 2.26. The van der Waals surface area contributed by atoms with Gasteiger partial charge in [-0.1, -0.05) is 45.7 Å². The molecule has 0 aliphatic carbocycles. The van der Waals surface area contributed by atoms with Gasteiger partial charge in [0.1, 0.15) is 0 Å². The molecule has 0 aromatic heterocycles. The maximum atomic E-state index is 5.95. The van der Waals surface area contributed by atoms with E-state index in [4.69, 9.17) is 11.6 Å². The first-order chi connectivity index (χ1) is 9.52. The van der Waals surface area contributed by atoms with Crippen molar-refractivity contribution in [1.29, 1.82) is 0 Å². The molecular formula is C16H16Br2ClN. The molecule has 0 saturated carbocycles. The summed E-state index contributed by atoms with van der Waals surface area (Å²) in [4.78, 5) is 2.26. The molecule has 0 spiro atoms. The van der Waals surface area contributed by atoms with Crippen molar-refractivity contribution >= 4 is 49.1 Å². The topological polar surface area (TPSA) is 3.24 Å². The van der Waals surface area contributed by atoms with E-state index in [1.807, 2.05) is 12.1 Å². The summed E-state index contributed by atoms with van der Waals surface area (Å²) in [5.41, 5.74) is 3.68. The van der Waals surface area contributed by atoms with Crippen LogP contribution in [0.3, 0.4) is 0 Å². The van der Waals surface area contributed by atoms with Crippen molar-refractivity contribution < 1.29 is 0 Å². The molecule has 0 bridgehead atoms. The average molecular weight is 418 g/mol. The van der Waals surface area contributed by atoms with E-state index in [9.17, 15) is 0 Å². The summed E-state index contributed by atoms with van der Waals surface area (Å²) >= 11 is 13.1. The number of alkyl halides is 1. The number of hydrogen-bond acceptors (Lipinski definition) is 1. The zero-order valence-electron chi connectivity index (χ0n) is 11.4. The second-order valence-electron chi connectivity index (χ2n) is 4.76. The third-order valence-electron chi connectivity index (χ3n) is 3.48. The molecule has 106 valence electrons. The second kappa shape index (κ2) is 6.97. The Bertz CT molecular complexity index is 584. The van der Waals surface area contributed by atoms with Crippen molar-refractivity contribution in [3.8, 4) is 0 Å². The summed E-state index contributed by atoms with van der Waals surface area (Å²) < 4.78 is 1.11. The molecular weight excluding hydrogens is 401 g/mol. The Morgan fingerprint density at radius 2 is 1.80 bits per heavy atom. The molecule has 0 aliphatic heterocycles. The van der Waals surface area contributed by atoms with E-state index in [1.54, 1.807) is 0 Å². The molecule has 20 heavy (non-hydrogen) atoms. The van der Waals surface area contributed by atoms with E-state index in [0.29, 0.717) is 0 Å². The Morgan fingerprint density at radius 1 is 1.15 bits per heavy atom. The van der Waals surface area contributed by atoms with E-state index in [-0.39, 0.29) is 6.04 Å². The van der Waals surface area contributed by atoms with Crippen LogP contribution < -0.4 is 4.90 Å². The molecule has 2 rings (SSSR count). The molecule has 1 unspecified atom stereocenters. The van der Waals surface area contributed by atoms with Crippen LogP contribution in [-0.2, 0) is 5.33 Å². The van der Waals surface area contributed by atoms with Crippen molar-refractivity contribution in [3.63, 3.8) is 0 Å². The molecule has 0 N–H and O–H groups in total. The highest BCUT2D eigenvalue weighted by Gasteiger charge is 2.14. The summed E-state index contributed by atoms with van der Waals surface area (Å²) in [5.74, 6) is 0. The minimum Gasteiger partial charge on any atom is -0.367 e. The summed E-state index contributed by atoms with van der Waals surface area (Å²) in [6.45, 7) is 2.19. The van der Waals surface area contributed by atoms with Gasteiger partial charge in [0.15, 0.2) is 0 Å². The molecule has 0 saturated heterocycles. The number of nitrogens with zero attached hydrogens (tertiary/aromatic N) is 1. The van der Waals surface area contributed by atoms with Crippen molar-refractivity contribution in [2.24, 2.45) is 0 Å². The van der Waals surface area contributed by atoms with E-state index >= 15 is 0 Å². The van der Waals surface area contributed by atoms with Crippen LogP contribution in [-0.4, -0.2) is 7.05 Å². The number of halogens is 3. The van der Waals surface area contributed by atoms with Gasteiger partial charge in [-0.3, -0.25) is 0 Å². The fraction of sp³-hybridized carbons (Fsp3) is 0.250. The van der Waals surface area contributed by atoms with Crippen molar-refractivity contribution in [2.75, 3.05) is 11.9 Å². The van der Waals surface area contributed by atoms with Crippen molar-refractivity contribution in [3.05, 3.63) is 63.1 Å². The summed E-state index contributed by atoms with van der Waals surface area (Å²) in [7, 11) is 2.10. The van der Waals surface area contributed by atoms with Gasteiger partial charge in [-0.15, -0.1) is 0 Å². The van der Waals surface area contributed by atoms with E-state index in [2.05, 4.69) is 81.1 Å². The predicted octanol–water partition coefficient (Wildman–Crippen LogP) is 6.19. The quantitative estimate of drug-likeness (QED) is 0.536. The zero-order chi connectivity index (χ0) is 14.7. The second-order valence-corrected chi connectivity index (χ2v) is 6.61. The minimum atomic E-state index is 0.276. The molecule has 4 heteroatoms. The maximum absolute atomic E-state index is 5.95. The maximum Gasteiger partial charge on any atom is 0.0513 e. The van der Waals surface area contributed by atoms with Gasteiger partial charge in [-0.2, -0.15) is 0 Å². The van der Waals surface area contributed by atoms with E-state index in [0.717, 1.165) is 14.8 Å². The van der Waals surface area contributed by atoms with Crippen LogP contribution in [0.1, 0.15) is 24.1 Å². The van der Waals surface area contributed by atoms with Crippen LogP contribution in [0.25, 0.3) is 0 Å². The first kappa shape index (κ1) is 15.9. The van der Waals surface area contributed by atoms with Crippen molar-refractivity contribution in [2.45, 2.75) is 18.3 Å². The fourth-order valence-corrected chi connectivity index (χ4v) is 3.27. The Morgan fingerprint density at radius 3 is 2.35 bits per heavy atom. The Kier molecular flexibility index (Phi) is 5.53. The summed E-state index contributed by atoms with van der Waals surface area (Å²) in [5, 5.41) is 1.63. The lowest BCUT2D eigenvalue weighted by Crippen LogP contribution is -2.22. The lowest BCUT2D eigenvalue weighted by Gasteiger charge is -2.28.